The van der Waals surface area contributed by atoms with Gasteiger partial charge in [0.1, 0.15) is 5.82 Å². The van der Waals surface area contributed by atoms with E-state index in [9.17, 15) is 4.39 Å². The summed E-state index contributed by atoms with van der Waals surface area (Å²) in [5, 5.41) is 5.46. The SMILES string of the molecule is CN(CCNCc1cccs1)c1cccc(F)c1. The van der Waals surface area contributed by atoms with Crippen LogP contribution in [0.4, 0.5) is 10.1 Å². The third kappa shape index (κ3) is 3.82. The second-order valence-electron chi connectivity index (χ2n) is 4.16. The molecule has 1 aromatic carbocycles. The molecule has 2 nitrogen and oxygen atoms in total. The molecule has 0 fully saturated rings. The maximum atomic E-state index is 13.1. The Balaban J connectivity index is 1.73. The van der Waals surface area contributed by atoms with Crippen LogP contribution in [0.5, 0.6) is 0 Å². The van der Waals surface area contributed by atoms with Gasteiger partial charge < -0.3 is 10.2 Å². The molecule has 0 aliphatic carbocycles. The summed E-state index contributed by atoms with van der Waals surface area (Å²) in [6.07, 6.45) is 0. The number of nitrogens with zero attached hydrogens (tertiary/aromatic N) is 1. The molecule has 0 amide bonds. The molecule has 0 saturated carbocycles. The molecular weight excluding hydrogens is 247 g/mol. The topological polar surface area (TPSA) is 15.3 Å². The third-order valence-electron chi connectivity index (χ3n) is 2.75. The first-order valence-corrected chi connectivity index (χ1v) is 6.83. The first-order valence-electron chi connectivity index (χ1n) is 5.95. The molecule has 0 spiro atoms. The third-order valence-corrected chi connectivity index (χ3v) is 3.63. The Bertz CT molecular complexity index is 470. The second-order valence-corrected chi connectivity index (χ2v) is 5.19. The van der Waals surface area contributed by atoms with Crippen molar-refractivity contribution in [1.29, 1.82) is 0 Å². The molecule has 18 heavy (non-hydrogen) atoms. The minimum Gasteiger partial charge on any atom is -0.373 e. The Morgan fingerprint density at radius 1 is 1.28 bits per heavy atom. The van der Waals surface area contributed by atoms with Crippen LogP contribution in [0.25, 0.3) is 0 Å². The number of likely N-dealkylation sites (N-methyl/N-ethyl adjacent to an activating group) is 1. The van der Waals surface area contributed by atoms with Crippen LogP contribution in [0.1, 0.15) is 4.88 Å². The molecule has 4 heteroatoms. The van der Waals surface area contributed by atoms with Crippen LogP contribution < -0.4 is 10.2 Å². The monoisotopic (exact) mass is 264 g/mol. The molecule has 1 aromatic heterocycles. The molecule has 0 aliphatic rings. The summed E-state index contributed by atoms with van der Waals surface area (Å²) in [6.45, 7) is 2.63. The highest BCUT2D eigenvalue weighted by Crippen LogP contribution is 2.13. The fourth-order valence-electron chi connectivity index (χ4n) is 1.71. The number of nitrogens with one attached hydrogen (secondary N) is 1. The highest BCUT2D eigenvalue weighted by Gasteiger charge is 2.01. The maximum absolute atomic E-state index is 13.1. The van der Waals surface area contributed by atoms with E-state index in [4.69, 9.17) is 0 Å². The van der Waals surface area contributed by atoms with Gasteiger partial charge in [-0.15, -0.1) is 11.3 Å². The quantitative estimate of drug-likeness (QED) is 0.806. The molecule has 0 atom stereocenters. The van der Waals surface area contributed by atoms with Gasteiger partial charge in [0.05, 0.1) is 0 Å². The van der Waals surface area contributed by atoms with Gasteiger partial charge in [-0.3, -0.25) is 0 Å². The summed E-state index contributed by atoms with van der Waals surface area (Å²) < 4.78 is 13.1. The lowest BCUT2D eigenvalue weighted by molar-refractivity contribution is 0.626. The van der Waals surface area contributed by atoms with E-state index in [2.05, 4.69) is 22.8 Å². The first-order chi connectivity index (χ1) is 8.75. The number of hydrogen-bond donors (Lipinski definition) is 1. The van der Waals surface area contributed by atoms with Crippen LogP contribution in [0.3, 0.4) is 0 Å². The lowest BCUT2D eigenvalue weighted by atomic mass is 10.3. The average Bonchev–Trinajstić information content (AvgIpc) is 2.87. The summed E-state index contributed by atoms with van der Waals surface area (Å²) in [5.74, 6) is -0.189. The van der Waals surface area contributed by atoms with Crippen LogP contribution in [0, 0.1) is 5.82 Å². The summed E-state index contributed by atoms with van der Waals surface area (Å²) in [7, 11) is 1.97. The first kappa shape index (κ1) is 13.1. The van der Waals surface area contributed by atoms with Gasteiger partial charge in [-0.05, 0) is 29.6 Å². The zero-order valence-corrected chi connectivity index (χ0v) is 11.2. The van der Waals surface area contributed by atoms with Crippen LogP contribution in [0.2, 0.25) is 0 Å². The van der Waals surface area contributed by atoms with Crippen molar-refractivity contribution in [1.82, 2.24) is 5.32 Å². The molecule has 1 N–H and O–H groups in total. The molecule has 96 valence electrons. The van der Waals surface area contributed by atoms with Crippen LogP contribution in [0.15, 0.2) is 41.8 Å². The lowest BCUT2D eigenvalue weighted by Crippen LogP contribution is -2.28. The minimum atomic E-state index is -0.189. The maximum Gasteiger partial charge on any atom is 0.125 e. The van der Waals surface area contributed by atoms with Gasteiger partial charge in [-0.25, -0.2) is 4.39 Å². The van der Waals surface area contributed by atoms with Crippen molar-refractivity contribution in [3.05, 3.63) is 52.5 Å². The molecule has 0 unspecified atom stereocenters. The molecule has 0 saturated heterocycles. The lowest BCUT2D eigenvalue weighted by Gasteiger charge is -2.19. The fourth-order valence-corrected chi connectivity index (χ4v) is 2.39. The van der Waals surface area contributed by atoms with Gasteiger partial charge in [0.15, 0.2) is 0 Å². The Labute approximate surface area is 111 Å². The van der Waals surface area contributed by atoms with Gasteiger partial charge >= 0.3 is 0 Å². The van der Waals surface area contributed by atoms with Crippen molar-refractivity contribution in [2.45, 2.75) is 6.54 Å². The summed E-state index contributed by atoms with van der Waals surface area (Å²) >= 11 is 1.75. The van der Waals surface area contributed by atoms with Gasteiger partial charge in [-0.2, -0.15) is 0 Å². The standard InChI is InChI=1S/C14H17FN2S/c1-17(13-5-2-4-12(15)10-13)8-7-16-11-14-6-3-9-18-14/h2-6,9-10,16H,7-8,11H2,1H3. The highest BCUT2D eigenvalue weighted by atomic mass is 32.1. The van der Waals surface area contributed by atoms with E-state index in [1.165, 1.54) is 10.9 Å². The van der Waals surface area contributed by atoms with Gasteiger partial charge in [0.25, 0.3) is 0 Å². The fraction of sp³-hybridized carbons (Fsp3) is 0.286. The molecule has 2 aromatic rings. The zero-order chi connectivity index (χ0) is 12.8. The molecule has 0 radical (unpaired) electrons. The van der Waals surface area contributed by atoms with Crippen molar-refractivity contribution >= 4 is 17.0 Å². The number of rotatable bonds is 6. The number of hydrogen-bond acceptors (Lipinski definition) is 3. The zero-order valence-electron chi connectivity index (χ0n) is 10.4. The normalized spacial score (nSPS) is 10.6. The van der Waals surface area contributed by atoms with E-state index in [1.807, 2.05) is 18.0 Å². The van der Waals surface area contributed by atoms with Crippen molar-refractivity contribution < 1.29 is 4.39 Å². The van der Waals surface area contributed by atoms with Crippen molar-refractivity contribution in [3.8, 4) is 0 Å². The van der Waals surface area contributed by atoms with E-state index >= 15 is 0 Å². The van der Waals surface area contributed by atoms with E-state index < -0.39 is 0 Å². The van der Waals surface area contributed by atoms with Crippen LogP contribution in [-0.4, -0.2) is 20.1 Å². The highest BCUT2D eigenvalue weighted by molar-refractivity contribution is 7.09. The van der Waals surface area contributed by atoms with Crippen LogP contribution >= 0.6 is 11.3 Å². The Hall–Kier alpha value is -1.39. The molecule has 2 rings (SSSR count). The van der Waals surface area contributed by atoms with Crippen molar-refractivity contribution in [2.75, 3.05) is 25.0 Å². The Morgan fingerprint density at radius 3 is 2.89 bits per heavy atom. The molecule has 0 aliphatic heterocycles. The van der Waals surface area contributed by atoms with Crippen LogP contribution in [-0.2, 0) is 6.54 Å². The molecule has 0 bridgehead atoms. The minimum absolute atomic E-state index is 0.189. The van der Waals surface area contributed by atoms with E-state index in [0.29, 0.717) is 0 Å². The predicted molar refractivity (Wildman–Crippen MR) is 75.7 cm³/mol. The number of thiophene rings is 1. The summed E-state index contributed by atoms with van der Waals surface area (Å²) in [4.78, 5) is 3.38. The van der Waals surface area contributed by atoms with E-state index in [0.717, 1.165) is 25.3 Å². The van der Waals surface area contributed by atoms with E-state index in [-0.39, 0.29) is 5.82 Å². The largest absolute Gasteiger partial charge is 0.373 e. The number of benzene rings is 1. The van der Waals surface area contributed by atoms with Gasteiger partial charge in [0, 0.05) is 37.2 Å². The smallest absolute Gasteiger partial charge is 0.125 e. The summed E-state index contributed by atoms with van der Waals surface area (Å²) in [5.41, 5.74) is 0.910. The Morgan fingerprint density at radius 2 is 2.17 bits per heavy atom. The van der Waals surface area contributed by atoms with Crippen molar-refractivity contribution in [2.24, 2.45) is 0 Å². The average molecular weight is 264 g/mol. The number of halogens is 1. The predicted octanol–water partition coefficient (Wildman–Crippen LogP) is 3.11. The molecule has 1 heterocycles. The number of anilines is 1. The Kier molecular flexibility index (Phi) is 4.73. The molecular formula is C14H17FN2S. The second kappa shape index (κ2) is 6.52. The summed E-state index contributed by atoms with van der Waals surface area (Å²) in [6, 6.07) is 10.8. The van der Waals surface area contributed by atoms with Gasteiger partial charge in [0.2, 0.25) is 0 Å². The van der Waals surface area contributed by atoms with Gasteiger partial charge in [-0.1, -0.05) is 12.1 Å². The van der Waals surface area contributed by atoms with E-state index in [1.54, 1.807) is 23.5 Å². The van der Waals surface area contributed by atoms with Crippen molar-refractivity contribution in [3.63, 3.8) is 0 Å².